The topological polar surface area (TPSA) is 108 Å². The second kappa shape index (κ2) is 10.1. The number of hydrogen-bond acceptors (Lipinski definition) is 7. The molecule has 2 aromatic heterocycles. The lowest BCUT2D eigenvalue weighted by Crippen LogP contribution is -2.12. The molecule has 0 unspecified atom stereocenters. The first-order valence-electron chi connectivity index (χ1n) is 11.4. The Labute approximate surface area is 214 Å². The average molecular weight is 514 g/mol. The number of hydrogen-bond donors (Lipinski definition) is 1. The molecule has 5 rings (SSSR count). The highest BCUT2D eigenvalue weighted by Crippen LogP contribution is 2.26. The minimum atomic E-state index is -3.79. The van der Waals surface area contributed by atoms with Crippen LogP contribution >= 0.6 is 0 Å². The second-order valence-electron chi connectivity index (χ2n) is 8.17. The first-order chi connectivity index (χ1) is 17.9. The molecule has 0 bridgehead atoms. The van der Waals surface area contributed by atoms with E-state index in [1.54, 1.807) is 47.1 Å². The molecule has 0 fully saturated rings. The van der Waals surface area contributed by atoms with Crippen LogP contribution in [0.5, 0.6) is 23.1 Å². The summed E-state index contributed by atoms with van der Waals surface area (Å²) < 4.78 is 41.5. The maximum absolute atomic E-state index is 12.8. The molecular weight excluding hydrogens is 490 g/mol. The summed E-state index contributed by atoms with van der Waals surface area (Å²) in [7, 11) is -3.79. The summed E-state index contributed by atoms with van der Waals surface area (Å²) in [6, 6.07) is 25.6. The Kier molecular flexibility index (Phi) is 6.57. The Morgan fingerprint density at radius 2 is 1.41 bits per heavy atom. The van der Waals surface area contributed by atoms with Crippen LogP contribution in [0.1, 0.15) is 11.4 Å². The fraction of sp³-hybridized carbons (Fsp3) is 0.0741. The van der Waals surface area contributed by atoms with Gasteiger partial charge < -0.3 is 9.47 Å². The standard InChI is InChI=1S/C27H23N5O4S/c1-19-16-20(2)32(30-19)26-17-27(29-18-28-26)36-24-10-8-21(9-11-24)31-37(33,34)25-14-12-23(13-15-25)35-22-6-4-3-5-7-22/h3-18,31H,1-2H3. The van der Waals surface area contributed by atoms with Gasteiger partial charge in [0.25, 0.3) is 10.0 Å². The van der Waals surface area contributed by atoms with Gasteiger partial charge in [-0.15, -0.1) is 0 Å². The Balaban J connectivity index is 1.24. The molecule has 9 nitrogen and oxygen atoms in total. The van der Waals surface area contributed by atoms with E-state index in [1.165, 1.54) is 18.5 Å². The molecule has 0 saturated heterocycles. The van der Waals surface area contributed by atoms with Gasteiger partial charge in [0.2, 0.25) is 5.88 Å². The van der Waals surface area contributed by atoms with Crippen LogP contribution in [-0.4, -0.2) is 28.2 Å². The Hall–Kier alpha value is -4.70. The molecule has 0 spiro atoms. The van der Waals surface area contributed by atoms with Crippen molar-refractivity contribution in [3.63, 3.8) is 0 Å². The molecule has 10 heteroatoms. The van der Waals surface area contributed by atoms with Crippen molar-refractivity contribution in [3.05, 3.63) is 109 Å². The van der Waals surface area contributed by atoms with E-state index >= 15 is 0 Å². The van der Waals surface area contributed by atoms with Crippen LogP contribution in [-0.2, 0) is 10.0 Å². The van der Waals surface area contributed by atoms with E-state index in [9.17, 15) is 8.42 Å². The lowest BCUT2D eigenvalue weighted by Gasteiger charge is -2.11. The fourth-order valence-electron chi connectivity index (χ4n) is 3.60. The molecule has 5 aromatic rings. The largest absolute Gasteiger partial charge is 0.457 e. The van der Waals surface area contributed by atoms with Crippen molar-refractivity contribution < 1.29 is 17.9 Å². The highest BCUT2D eigenvalue weighted by atomic mass is 32.2. The lowest BCUT2D eigenvalue weighted by atomic mass is 10.3. The number of sulfonamides is 1. The zero-order valence-electron chi connectivity index (χ0n) is 20.1. The SMILES string of the molecule is Cc1cc(C)n(-c2cc(Oc3ccc(NS(=O)(=O)c4ccc(Oc5ccccc5)cc4)cc3)ncn2)n1. The molecule has 0 aliphatic carbocycles. The van der Waals surface area contributed by atoms with Gasteiger partial charge in [0.15, 0.2) is 5.82 Å². The van der Waals surface area contributed by atoms with Gasteiger partial charge in [-0.3, -0.25) is 4.72 Å². The number of aromatic nitrogens is 4. The molecule has 0 saturated carbocycles. The molecule has 3 aromatic carbocycles. The Morgan fingerprint density at radius 3 is 2.08 bits per heavy atom. The number of para-hydroxylation sites is 1. The Morgan fingerprint density at radius 1 is 0.757 bits per heavy atom. The van der Waals surface area contributed by atoms with E-state index in [0.717, 1.165) is 11.4 Å². The number of rotatable bonds is 8. The van der Waals surface area contributed by atoms with Crippen molar-refractivity contribution in [1.82, 2.24) is 19.7 Å². The smallest absolute Gasteiger partial charge is 0.261 e. The van der Waals surface area contributed by atoms with Crippen LogP contribution in [0.4, 0.5) is 5.69 Å². The summed E-state index contributed by atoms with van der Waals surface area (Å²) in [6.45, 7) is 3.85. The van der Waals surface area contributed by atoms with E-state index in [0.29, 0.717) is 34.6 Å². The summed E-state index contributed by atoms with van der Waals surface area (Å²) in [5, 5.41) is 4.42. The molecule has 0 amide bonds. The summed E-state index contributed by atoms with van der Waals surface area (Å²) in [5.74, 6) is 2.62. The number of ether oxygens (including phenoxy) is 2. The van der Waals surface area contributed by atoms with Crippen LogP contribution in [0.2, 0.25) is 0 Å². The first kappa shape index (κ1) is 24.0. The quantitative estimate of drug-likeness (QED) is 0.285. The number of benzene rings is 3. The van der Waals surface area contributed by atoms with Crippen LogP contribution in [0.3, 0.4) is 0 Å². The zero-order valence-corrected chi connectivity index (χ0v) is 20.9. The molecule has 0 aliphatic rings. The summed E-state index contributed by atoms with van der Waals surface area (Å²) >= 11 is 0. The van der Waals surface area contributed by atoms with Crippen molar-refractivity contribution in [2.45, 2.75) is 18.7 Å². The normalized spacial score (nSPS) is 11.2. The minimum Gasteiger partial charge on any atom is -0.457 e. The predicted octanol–water partition coefficient (Wildman–Crippen LogP) is 5.66. The van der Waals surface area contributed by atoms with Gasteiger partial charge in [-0.1, -0.05) is 18.2 Å². The molecule has 0 aliphatic heterocycles. The molecule has 0 radical (unpaired) electrons. The van der Waals surface area contributed by atoms with Crippen LogP contribution in [0.15, 0.2) is 102 Å². The van der Waals surface area contributed by atoms with Crippen molar-refractivity contribution in [1.29, 1.82) is 0 Å². The van der Waals surface area contributed by atoms with Gasteiger partial charge in [0.1, 0.15) is 23.6 Å². The maximum Gasteiger partial charge on any atom is 0.261 e. The minimum absolute atomic E-state index is 0.117. The fourth-order valence-corrected chi connectivity index (χ4v) is 4.66. The van der Waals surface area contributed by atoms with Gasteiger partial charge in [-0.05, 0) is 80.6 Å². The molecule has 1 N–H and O–H groups in total. The van der Waals surface area contributed by atoms with E-state index in [4.69, 9.17) is 9.47 Å². The zero-order chi connectivity index (χ0) is 25.8. The molecule has 186 valence electrons. The third-order valence-corrected chi connectivity index (χ3v) is 6.69. The number of nitrogens with zero attached hydrogens (tertiary/aromatic N) is 4. The highest BCUT2D eigenvalue weighted by molar-refractivity contribution is 7.92. The number of aryl methyl sites for hydroxylation is 2. The van der Waals surface area contributed by atoms with Crippen molar-refractivity contribution in [3.8, 4) is 28.9 Å². The average Bonchev–Trinajstić information content (AvgIpc) is 3.24. The molecular formula is C27H23N5O4S. The summed E-state index contributed by atoms with van der Waals surface area (Å²) in [6.07, 6.45) is 1.40. The predicted molar refractivity (Wildman–Crippen MR) is 139 cm³/mol. The summed E-state index contributed by atoms with van der Waals surface area (Å²) in [4.78, 5) is 8.53. The number of anilines is 1. The lowest BCUT2D eigenvalue weighted by molar-refractivity contribution is 0.460. The highest BCUT2D eigenvalue weighted by Gasteiger charge is 2.15. The van der Waals surface area contributed by atoms with Gasteiger partial charge in [-0.25, -0.2) is 23.1 Å². The monoisotopic (exact) mass is 513 g/mol. The second-order valence-corrected chi connectivity index (χ2v) is 9.85. The van der Waals surface area contributed by atoms with Gasteiger partial charge in [0, 0.05) is 17.4 Å². The van der Waals surface area contributed by atoms with Crippen LogP contribution < -0.4 is 14.2 Å². The summed E-state index contributed by atoms with van der Waals surface area (Å²) in [5.41, 5.74) is 2.22. The van der Waals surface area contributed by atoms with E-state index < -0.39 is 10.0 Å². The maximum atomic E-state index is 12.8. The first-order valence-corrected chi connectivity index (χ1v) is 12.8. The van der Waals surface area contributed by atoms with E-state index in [1.807, 2.05) is 50.2 Å². The molecule has 0 atom stereocenters. The molecule has 2 heterocycles. The van der Waals surface area contributed by atoms with Crippen molar-refractivity contribution in [2.75, 3.05) is 4.72 Å². The van der Waals surface area contributed by atoms with Gasteiger partial charge >= 0.3 is 0 Å². The van der Waals surface area contributed by atoms with Crippen molar-refractivity contribution in [2.24, 2.45) is 0 Å². The third kappa shape index (κ3) is 5.76. The molecule has 37 heavy (non-hydrogen) atoms. The van der Waals surface area contributed by atoms with Crippen LogP contribution in [0, 0.1) is 13.8 Å². The van der Waals surface area contributed by atoms with Crippen LogP contribution in [0.25, 0.3) is 5.82 Å². The third-order valence-electron chi connectivity index (χ3n) is 5.30. The van der Waals surface area contributed by atoms with E-state index in [2.05, 4.69) is 19.8 Å². The Bertz CT molecular complexity index is 1620. The van der Waals surface area contributed by atoms with Crippen molar-refractivity contribution >= 4 is 15.7 Å². The van der Waals surface area contributed by atoms with E-state index in [-0.39, 0.29) is 4.90 Å². The van der Waals surface area contributed by atoms with Gasteiger partial charge in [0.05, 0.1) is 10.6 Å². The number of nitrogens with one attached hydrogen (secondary N) is 1. The van der Waals surface area contributed by atoms with Gasteiger partial charge in [-0.2, -0.15) is 5.10 Å².